The van der Waals surface area contributed by atoms with Crippen molar-refractivity contribution < 1.29 is 4.74 Å². The van der Waals surface area contributed by atoms with Gasteiger partial charge in [-0.05, 0) is 33.3 Å². The maximum atomic E-state index is 5.10. The van der Waals surface area contributed by atoms with Crippen molar-refractivity contribution >= 4 is 5.95 Å². The van der Waals surface area contributed by atoms with Crippen LogP contribution in [0, 0.1) is 20.8 Å². The Bertz CT molecular complexity index is 592. The fourth-order valence-electron chi connectivity index (χ4n) is 1.68. The third-order valence-corrected chi connectivity index (χ3v) is 2.96. The standard InChI is InChI=1S/C12H18N6O/c1-6-13-10-14-11(16-12(15-10)19-5)18-9(4)7(2)8(3)17-18/h6H2,1-5H3,(H,13,14,15,16). The van der Waals surface area contributed by atoms with Crippen LogP contribution in [0.15, 0.2) is 0 Å². The molecule has 0 spiro atoms. The topological polar surface area (TPSA) is 77.8 Å². The smallest absolute Gasteiger partial charge is 0.322 e. The average molecular weight is 262 g/mol. The summed E-state index contributed by atoms with van der Waals surface area (Å²) in [6, 6.07) is 0.270. The molecule has 7 nitrogen and oxygen atoms in total. The molecule has 2 aromatic heterocycles. The maximum Gasteiger partial charge on any atom is 0.322 e. The van der Waals surface area contributed by atoms with E-state index >= 15 is 0 Å². The Morgan fingerprint density at radius 1 is 1.16 bits per heavy atom. The number of hydrogen-bond donors (Lipinski definition) is 1. The molecule has 0 radical (unpaired) electrons. The normalized spacial score (nSPS) is 10.6. The molecule has 0 fully saturated rings. The van der Waals surface area contributed by atoms with Crippen molar-refractivity contribution in [1.82, 2.24) is 24.7 Å². The van der Waals surface area contributed by atoms with E-state index in [0.717, 1.165) is 23.5 Å². The molecule has 0 unspecified atom stereocenters. The second kappa shape index (κ2) is 5.21. The Balaban J connectivity index is 2.54. The van der Waals surface area contributed by atoms with Gasteiger partial charge in [0.1, 0.15) is 0 Å². The monoisotopic (exact) mass is 262 g/mol. The largest absolute Gasteiger partial charge is 0.467 e. The van der Waals surface area contributed by atoms with E-state index in [1.165, 1.54) is 7.11 Å². The second-order valence-electron chi connectivity index (χ2n) is 4.18. The van der Waals surface area contributed by atoms with Gasteiger partial charge >= 0.3 is 6.01 Å². The number of hydrogen-bond acceptors (Lipinski definition) is 6. The molecule has 0 saturated heterocycles. The van der Waals surface area contributed by atoms with Gasteiger partial charge in [-0.1, -0.05) is 0 Å². The Morgan fingerprint density at radius 3 is 2.42 bits per heavy atom. The van der Waals surface area contributed by atoms with Gasteiger partial charge in [0.15, 0.2) is 0 Å². The van der Waals surface area contributed by atoms with Crippen LogP contribution in [0.1, 0.15) is 23.9 Å². The van der Waals surface area contributed by atoms with Gasteiger partial charge in [-0.25, -0.2) is 4.68 Å². The summed E-state index contributed by atoms with van der Waals surface area (Å²) >= 11 is 0. The molecule has 0 saturated carbocycles. The van der Waals surface area contributed by atoms with Gasteiger partial charge in [0.05, 0.1) is 12.8 Å². The van der Waals surface area contributed by atoms with Crippen molar-refractivity contribution in [2.24, 2.45) is 0 Å². The highest BCUT2D eigenvalue weighted by Gasteiger charge is 2.14. The summed E-state index contributed by atoms with van der Waals surface area (Å²) in [5.41, 5.74) is 3.10. The zero-order chi connectivity index (χ0) is 14.0. The minimum Gasteiger partial charge on any atom is -0.467 e. The Labute approximate surface area is 112 Å². The van der Waals surface area contributed by atoms with Crippen LogP contribution in [0.3, 0.4) is 0 Å². The molecular formula is C12H18N6O. The molecule has 2 aromatic rings. The number of nitrogens with zero attached hydrogens (tertiary/aromatic N) is 5. The summed E-state index contributed by atoms with van der Waals surface area (Å²) in [4.78, 5) is 12.7. The summed E-state index contributed by atoms with van der Waals surface area (Å²) in [6.45, 7) is 8.67. The molecule has 0 aliphatic rings. The summed E-state index contributed by atoms with van der Waals surface area (Å²) in [7, 11) is 1.53. The highest BCUT2D eigenvalue weighted by Crippen LogP contribution is 2.16. The molecule has 0 aliphatic heterocycles. The van der Waals surface area contributed by atoms with Crippen molar-refractivity contribution in [2.75, 3.05) is 19.0 Å². The van der Waals surface area contributed by atoms with Crippen LogP contribution in [0.4, 0.5) is 5.95 Å². The van der Waals surface area contributed by atoms with E-state index in [4.69, 9.17) is 4.74 Å². The van der Waals surface area contributed by atoms with E-state index in [9.17, 15) is 0 Å². The number of rotatable bonds is 4. The van der Waals surface area contributed by atoms with Gasteiger partial charge in [0.2, 0.25) is 5.95 Å². The molecule has 2 rings (SSSR count). The van der Waals surface area contributed by atoms with Crippen LogP contribution >= 0.6 is 0 Å². The summed E-state index contributed by atoms with van der Waals surface area (Å²) in [5.74, 6) is 0.936. The van der Waals surface area contributed by atoms with Gasteiger partial charge in [0, 0.05) is 12.2 Å². The summed E-state index contributed by atoms with van der Waals surface area (Å²) < 4.78 is 6.80. The van der Waals surface area contributed by atoms with Crippen LogP contribution in [-0.4, -0.2) is 38.4 Å². The van der Waals surface area contributed by atoms with Crippen LogP contribution in [0.2, 0.25) is 0 Å². The third-order valence-electron chi connectivity index (χ3n) is 2.96. The van der Waals surface area contributed by atoms with E-state index in [1.54, 1.807) is 4.68 Å². The molecule has 102 valence electrons. The van der Waals surface area contributed by atoms with E-state index in [1.807, 2.05) is 27.7 Å². The first kappa shape index (κ1) is 13.3. The predicted octanol–water partition coefficient (Wildman–Crippen LogP) is 1.42. The first-order valence-electron chi connectivity index (χ1n) is 6.14. The van der Waals surface area contributed by atoms with E-state index in [0.29, 0.717) is 11.9 Å². The highest BCUT2D eigenvalue weighted by atomic mass is 16.5. The minimum absolute atomic E-state index is 0.270. The molecule has 0 bridgehead atoms. The molecular weight excluding hydrogens is 244 g/mol. The summed E-state index contributed by atoms with van der Waals surface area (Å²) in [6.07, 6.45) is 0. The van der Waals surface area contributed by atoms with Gasteiger partial charge in [-0.3, -0.25) is 0 Å². The van der Waals surface area contributed by atoms with Crippen molar-refractivity contribution in [3.63, 3.8) is 0 Å². The maximum absolute atomic E-state index is 5.10. The zero-order valence-electron chi connectivity index (χ0n) is 11.9. The molecule has 1 N–H and O–H groups in total. The number of aryl methyl sites for hydroxylation is 1. The van der Waals surface area contributed by atoms with Gasteiger partial charge in [-0.15, -0.1) is 0 Å². The van der Waals surface area contributed by atoms with Crippen LogP contribution < -0.4 is 10.1 Å². The molecule has 0 atom stereocenters. The third kappa shape index (κ3) is 2.49. The first-order valence-corrected chi connectivity index (χ1v) is 6.14. The lowest BCUT2D eigenvalue weighted by molar-refractivity contribution is 0.377. The Kier molecular flexibility index (Phi) is 3.64. The van der Waals surface area contributed by atoms with Gasteiger partial charge < -0.3 is 10.1 Å². The van der Waals surface area contributed by atoms with Gasteiger partial charge in [0.25, 0.3) is 5.95 Å². The molecule has 2 heterocycles. The lowest BCUT2D eigenvalue weighted by atomic mass is 10.2. The van der Waals surface area contributed by atoms with Crippen molar-refractivity contribution in [3.05, 3.63) is 17.0 Å². The fraction of sp³-hybridized carbons (Fsp3) is 0.500. The van der Waals surface area contributed by atoms with E-state index in [-0.39, 0.29) is 6.01 Å². The van der Waals surface area contributed by atoms with Crippen molar-refractivity contribution in [2.45, 2.75) is 27.7 Å². The van der Waals surface area contributed by atoms with Crippen LogP contribution in [0.5, 0.6) is 6.01 Å². The average Bonchev–Trinajstić information content (AvgIpc) is 2.66. The van der Waals surface area contributed by atoms with Crippen molar-refractivity contribution in [3.8, 4) is 12.0 Å². The quantitative estimate of drug-likeness (QED) is 0.898. The highest BCUT2D eigenvalue weighted by molar-refractivity contribution is 5.33. The lowest BCUT2D eigenvalue weighted by Gasteiger charge is -2.07. The second-order valence-corrected chi connectivity index (χ2v) is 4.18. The number of methoxy groups -OCH3 is 1. The summed E-state index contributed by atoms with van der Waals surface area (Å²) in [5, 5.41) is 7.49. The number of anilines is 1. The predicted molar refractivity (Wildman–Crippen MR) is 71.9 cm³/mol. The Morgan fingerprint density at radius 2 is 1.89 bits per heavy atom. The van der Waals surface area contributed by atoms with Crippen LogP contribution in [-0.2, 0) is 0 Å². The van der Waals surface area contributed by atoms with Crippen LogP contribution in [0.25, 0.3) is 5.95 Å². The molecule has 19 heavy (non-hydrogen) atoms. The number of ether oxygens (including phenoxy) is 1. The SMILES string of the molecule is CCNc1nc(OC)nc(-n2nc(C)c(C)c2C)n1. The van der Waals surface area contributed by atoms with Gasteiger partial charge in [-0.2, -0.15) is 20.1 Å². The molecule has 7 heteroatoms. The molecule has 0 amide bonds. The number of nitrogens with one attached hydrogen (secondary N) is 1. The fourth-order valence-corrected chi connectivity index (χ4v) is 1.68. The molecule has 0 aromatic carbocycles. The number of aromatic nitrogens is 5. The lowest BCUT2D eigenvalue weighted by Crippen LogP contribution is -2.11. The molecule has 0 aliphatic carbocycles. The Hall–Kier alpha value is -2.18. The van der Waals surface area contributed by atoms with E-state index in [2.05, 4.69) is 25.4 Å². The zero-order valence-corrected chi connectivity index (χ0v) is 11.9. The van der Waals surface area contributed by atoms with E-state index < -0.39 is 0 Å². The van der Waals surface area contributed by atoms with Crippen molar-refractivity contribution in [1.29, 1.82) is 0 Å². The first-order chi connectivity index (χ1) is 9.06. The minimum atomic E-state index is 0.270.